The molecular formula is C18H18ClN3O6S. The van der Waals surface area contributed by atoms with Gasteiger partial charge in [0.05, 0.1) is 22.6 Å². The molecule has 11 heteroatoms. The molecule has 1 saturated heterocycles. The Hall–Kier alpha value is -2.69. The zero-order valence-electron chi connectivity index (χ0n) is 15.4. The number of sulfonamides is 1. The molecule has 0 atom stereocenters. The van der Waals surface area contributed by atoms with Gasteiger partial charge in [-0.25, -0.2) is 13.2 Å². The molecule has 0 unspecified atom stereocenters. The summed E-state index contributed by atoms with van der Waals surface area (Å²) in [5, 5.41) is 10.7. The van der Waals surface area contributed by atoms with Gasteiger partial charge in [0.15, 0.2) is 0 Å². The van der Waals surface area contributed by atoms with Crippen LogP contribution in [-0.4, -0.2) is 56.9 Å². The van der Waals surface area contributed by atoms with Gasteiger partial charge >= 0.3 is 5.97 Å². The predicted molar refractivity (Wildman–Crippen MR) is 107 cm³/mol. The highest BCUT2D eigenvalue weighted by atomic mass is 35.5. The summed E-state index contributed by atoms with van der Waals surface area (Å²) >= 11 is 6.12. The Kier molecular flexibility index (Phi) is 6.06. The van der Waals surface area contributed by atoms with Gasteiger partial charge in [-0.15, -0.1) is 0 Å². The maximum atomic E-state index is 13.0. The van der Waals surface area contributed by atoms with E-state index in [0.29, 0.717) is 13.1 Å². The van der Waals surface area contributed by atoms with Crippen LogP contribution >= 0.6 is 11.6 Å². The summed E-state index contributed by atoms with van der Waals surface area (Å²) in [4.78, 5) is 23.7. The molecule has 0 spiro atoms. The number of hydrogen-bond acceptors (Lipinski definition) is 7. The first kappa shape index (κ1) is 21.0. The molecule has 0 radical (unpaired) electrons. The molecule has 0 N–H and O–H groups in total. The fourth-order valence-corrected chi connectivity index (χ4v) is 5.01. The number of piperazine rings is 1. The number of rotatable bonds is 5. The second-order valence-electron chi connectivity index (χ2n) is 6.30. The van der Waals surface area contributed by atoms with E-state index in [0.717, 1.165) is 5.69 Å². The molecule has 1 aliphatic rings. The van der Waals surface area contributed by atoms with Crippen molar-refractivity contribution in [3.05, 3.63) is 63.2 Å². The third-order valence-corrected chi connectivity index (χ3v) is 7.02. The number of anilines is 1. The number of non-ortho nitro benzene ring substituents is 1. The zero-order chi connectivity index (χ0) is 21.2. The van der Waals surface area contributed by atoms with E-state index in [1.54, 1.807) is 12.1 Å². The molecule has 0 aromatic heterocycles. The number of halogens is 1. The Bertz CT molecular complexity index is 1030. The number of hydrogen-bond donors (Lipinski definition) is 0. The van der Waals surface area contributed by atoms with E-state index in [1.807, 2.05) is 4.90 Å². The average Bonchev–Trinajstić information content (AvgIpc) is 2.73. The molecule has 154 valence electrons. The van der Waals surface area contributed by atoms with Crippen LogP contribution in [-0.2, 0) is 14.8 Å². The molecule has 2 aromatic carbocycles. The van der Waals surface area contributed by atoms with Crippen molar-refractivity contribution in [3.63, 3.8) is 0 Å². The largest absolute Gasteiger partial charge is 0.465 e. The van der Waals surface area contributed by atoms with Crippen LogP contribution < -0.4 is 4.90 Å². The highest BCUT2D eigenvalue weighted by Crippen LogP contribution is 2.28. The Morgan fingerprint density at radius 1 is 1.10 bits per heavy atom. The molecule has 0 saturated carbocycles. The first-order valence-electron chi connectivity index (χ1n) is 8.61. The second-order valence-corrected chi connectivity index (χ2v) is 8.61. The Morgan fingerprint density at radius 2 is 1.72 bits per heavy atom. The van der Waals surface area contributed by atoms with Crippen LogP contribution in [0.2, 0.25) is 5.02 Å². The van der Waals surface area contributed by atoms with Crippen molar-refractivity contribution in [1.82, 2.24) is 4.31 Å². The number of esters is 1. The van der Waals surface area contributed by atoms with Gasteiger partial charge in [-0.2, -0.15) is 4.31 Å². The van der Waals surface area contributed by atoms with Gasteiger partial charge in [-0.3, -0.25) is 10.1 Å². The summed E-state index contributed by atoms with van der Waals surface area (Å²) in [6.45, 7) is 1.31. The number of nitrogens with zero attached hydrogens (tertiary/aromatic N) is 3. The molecule has 0 bridgehead atoms. The average molecular weight is 440 g/mol. The number of benzene rings is 2. The molecule has 0 amide bonds. The van der Waals surface area contributed by atoms with Crippen molar-refractivity contribution in [3.8, 4) is 0 Å². The first-order chi connectivity index (χ1) is 13.7. The summed E-state index contributed by atoms with van der Waals surface area (Å²) in [5.74, 6) is -0.604. The third kappa shape index (κ3) is 4.34. The van der Waals surface area contributed by atoms with Crippen molar-refractivity contribution in [2.45, 2.75) is 4.90 Å². The topological polar surface area (TPSA) is 110 Å². The van der Waals surface area contributed by atoms with Crippen LogP contribution in [0.4, 0.5) is 11.4 Å². The van der Waals surface area contributed by atoms with E-state index in [2.05, 4.69) is 4.74 Å². The molecule has 1 heterocycles. The molecule has 0 aliphatic carbocycles. The monoisotopic (exact) mass is 439 g/mol. The van der Waals surface area contributed by atoms with Gasteiger partial charge in [0.1, 0.15) is 4.90 Å². The minimum Gasteiger partial charge on any atom is -0.465 e. The number of nitro groups is 1. The SMILES string of the molecule is COC(=O)c1ccc(S(=O)(=O)N2CCN(c3ccc([N+](=O)[O-])cc3)CC2)c(Cl)c1. The lowest BCUT2D eigenvalue weighted by Gasteiger charge is -2.35. The van der Waals surface area contributed by atoms with Gasteiger partial charge in [-0.05, 0) is 30.3 Å². The summed E-state index contributed by atoms with van der Waals surface area (Å²) in [7, 11) is -2.60. The normalized spacial score (nSPS) is 15.2. The lowest BCUT2D eigenvalue weighted by atomic mass is 10.2. The van der Waals surface area contributed by atoms with Crippen LogP contribution in [0.25, 0.3) is 0 Å². The van der Waals surface area contributed by atoms with Crippen LogP contribution in [0, 0.1) is 10.1 Å². The van der Waals surface area contributed by atoms with E-state index >= 15 is 0 Å². The van der Waals surface area contributed by atoms with Gasteiger partial charge in [0.2, 0.25) is 10.0 Å². The van der Waals surface area contributed by atoms with Crippen LogP contribution in [0.5, 0.6) is 0 Å². The highest BCUT2D eigenvalue weighted by molar-refractivity contribution is 7.89. The molecular weight excluding hydrogens is 422 g/mol. The smallest absolute Gasteiger partial charge is 0.337 e. The Balaban J connectivity index is 1.72. The number of nitro benzene ring substituents is 1. The van der Waals surface area contributed by atoms with Gasteiger partial charge in [0.25, 0.3) is 5.69 Å². The molecule has 3 rings (SSSR count). The summed E-state index contributed by atoms with van der Waals surface area (Å²) in [5.41, 5.74) is 0.951. The molecule has 1 aliphatic heterocycles. The fourth-order valence-electron chi connectivity index (χ4n) is 3.07. The zero-order valence-corrected chi connectivity index (χ0v) is 17.0. The van der Waals surface area contributed by atoms with Crippen LogP contribution in [0.15, 0.2) is 47.4 Å². The first-order valence-corrected chi connectivity index (χ1v) is 10.4. The van der Waals surface area contributed by atoms with Crippen LogP contribution in [0.3, 0.4) is 0 Å². The third-order valence-electron chi connectivity index (χ3n) is 4.64. The summed E-state index contributed by atoms with van der Waals surface area (Å²) < 4.78 is 31.8. The fraction of sp³-hybridized carbons (Fsp3) is 0.278. The maximum Gasteiger partial charge on any atom is 0.337 e. The van der Waals surface area contributed by atoms with Crippen molar-refractivity contribution in [2.75, 3.05) is 38.2 Å². The van der Waals surface area contributed by atoms with Gasteiger partial charge < -0.3 is 9.64 Å². The highest BCUT2D eigenvalue weighted by Gasteiger charge is 2.30. The summed E-state index contributed by atoms with van der Waals surface area (Å²) in [6.07, 6.45) is 0. The number of carbonyl (C=O) groups excluding carboxylic acids is 1. The molecule has 9 nitrogen and oxygen atoms in total. The van der Waals surface area contributed by atoms with E-state index in [4.69, 9.17) is 11.6 Å². The van der Waals surface area contributed by atoms with E-state index in [1.165, 1.54) is 41.7 Å². The Labute approximate surface area is 172 Å². The lowest BCUT2D eigenvalue weighted by molar-refractivity contribution is -0.384. The van der Waals surface area contributed by atoms with E-state index < -0.39 is 20.9 Å². The second kappa shape index (κ2) is 8.36. The maximum absolute atomic E-state index is 13.0. The van der Waals surface area contributed by atoms with Crippen molar-refractivity contribution in [2.24, 2.45) is 0 Å². The minimum absolute atomic E-state index is 0.00000662. The van der Waals surface area contributed by atoms with E-state index in [-0.39, 0.29) is 34.3 Å². The predicted octanol–water partition coefficient (Wildman–Crippen LogP) is 2.55. The lowest BCUT2D eigenvalue weighted by Crippen LogP contribution is -2.48. The van der Waals surface area contributed by atoms with E-state index in [9.17, 15) is 23.3 Å². The number of methoxy groups -OCH3 is 1. The number of ether oxygens (including phenoxy) is 1. The summed E-state index contributed by atoms with van der Waals surface area (Å²) in [6, 6.07) is 10.1. The van der Waals surface area contributed by atoms with Gasteiger partial charge in [0, 0.05) is 44.0 Å². The van der Waals surface area contributed by atoms with Crippen molar-refractivity contribution in [1.29, 1.82) is 0 Å². The molecule has 2 aromatic rings. The van der Waals surface area contributed by atoms with Crippen molar-refractivity contribution < 1.29 is 22.9 Å². The van der Waals surface area contributed by atoms with Crippen LogP contribution in [0.1, 0.15) is 10.4 Å². The van der Waals surface area contributed by atoms with Gasteiger partial charge in [-0.1, -0.05) is 11.6 Å². The van der Waals surface area contributed by atoms with Crippen molar-refractivity contribution >= 4 is 39.0 Å². The molecule has 1 fully saturated rings. The minimum atomic E-state index is -3.83. The quantitative estimate of drug-likeness (QED) is 0.400. The molecule has 29 heavy (non-hydrogen) atoms. The Morgan fingerprint density at radius 3 is 2.24 bits per heavy atom. The number of carbonyl (C=O) groups is 1. The standard InChI is InChI=1S/C18H18ClN3O6S/c1-28-18(23)13-2-7-17(16(19)12-13)29(26,27)21-10-8-20(9-11-21)14-3-5-15(6-4-14)22(24)25/h2-7,12H,8-11H2,1H3.